The number of hydrogen-bond acceptors (Lipinski definition) is 3. The maximum absolute atomic E-state index is 12.6. The van der Waals surface area contributed by atoms with Gasteiger partial charge in [-0.1, -0.05) is 61.0 Å². The zero-order chi connectivity index (χ0) is 21.3. The summed E-state index contributed by atoms with van der Waals surface area (Å²) >= 11 is 0. The molecule has 2 aromatic carbocycles. The number of Topliss-reactive ketones (excluding diaryl/α,β-unsaturated/α-hetero) is 1. The number of benzene rings is 2. The molecular formula is C25H29NO4. The van der Waals surface area contributed by atoms with Crippen LogP contribution in [0.15, 0.2) is 54.6 Å². The van der Waals surface area contributed by atoms with E-state index in [1.165, 1.54) is 5.56 Å². The molecule has 30 heavy (non-hydrogen) atoms. The molecule has 2 atom stereocenters. The van der Waals surface area contributed by atoms with Crippen LogP contribution in [0.25, 0.3) is 11.1 Å². The van der Waals surface area contributed by atoms with Gasteiger partial charge in [-0.25, -0.2) is 0 Å². The molecule has 1 amide bonds. The van der Waals surface area contributed by atoms with Crippen molar-refractivity contribution in [1.29, 1.82) is 0 Å². The summed E-state index contributed by atoms with van der Waals surface area (Å²) in [5.74, 6) is -1.85. The number of carboxylic acid groups (broad SMARTS) is 1. The van der Waals surface area contributed by atoms with Crippen LogP contribution in [0.4, 0.5) is 0 Å². The molecule has 1 aliphatic rings. The van der Waals surface area contributed by atoms with Crippen molar-refractivity contribution in [3.05, 3.63) is 60.2 Å². The van der Waals surface area contributed by atoms with E-state index in [-0.39, 0.29) is 18.1 Å². The van der Waals surface area contributed by atoms with E-state index >= 15 is 0 Å². The fourth-order valence-corrected chi connectivity index (χ4v) is 4.01. The number of amides is 1. The summed E-state index contributed by atoms with van der Waals surface area (Å²) in [5, 5.41) is 12.0. The van der Waals surface area contributed by atoms with Gasteiger partial charge < -0.3 is 10.4 Å². The zero-order valence-electron chi connectivity index (χ0n) is 17.2. The maximum atomic E-state index is 12.6. The number of ketones is 1. The molecular weight excluding hydrogens is 378 g/mol. The maximum Gasteiger partial charge on any atom is 0.304 e. The van der Waals surface area contributed by atoms with Crippen molar-refractivity contribution in [2.24, 2.45) is 5.92 Å². The van der Waals surface area contributed by atoms with Gasteiger partial charge in [-0.3, -0.25) is 14.4 Å². The lowest BCUT2D eigenvalue weighted by Crippen LogP contribution is -2.45. The second-order valence-corrected chi connectivity index (χ2v) is 8.02. The van der Waals surface area contributed by atoms with E-state index in [4.69, 9.17) is 0 Å². The van der Waals surface area contributed by atoms with E-state index in [2.05, 4.69) is 41.7 Å². The van der Waals surface area contributed by atoms with E-state index in [1.807, 2.05) is 18.2 Å². The average Bonchev–Trinajstić information content (AvgIpc) is 2.75. The molecule has 2 aromatic rings. The Bertz CT molecular complexity index is 860. The van der Waals surface area contributed by atoms with Crippen molar-refractivity contribution in [3.8, 4) is 11.1 Å². The summed E-state index contributed by atoms with van der Waals surface area (Å²) in [7, 11) is 0. The van der Waals surface area contributed by atoms with E-state index in [0.717, 1.165) is 30.4 Å². The molecule has 158 valence electrons. The highest BCUT2D eigenvalue weighted by Gasteiger charge is 2.28. The predicted octanol–water partition coefficient (Wildman–Crippen LogP) is 4.40. The average molecular weight is 408 g/mol. The molecule has 0 heterocycles. The number of aryl methyl sites for hydroxylation is 1. The van der Waals surface area contributed by atoms with Crippen LogP contribution < -0.4 is 5.32 Å². The van der Waals surface area contributed by atoms with Crippen LogP contribution in [0, 0.1) is 5.92 Å². The fourth-order valence-electron chi connectivity index (χ4n) is 4.01. The Hall–Kier alpha value is -2.95. The number of carbonyl (C=O) groups is 3. The first-order valence-electron chi connectivity index (χ1n) is 10.7. The molecule has 0 saturated heterocycles. The lowest BCUT2D eigenvalue weighted by Gasteiger charge is -2.24. The fraction of sp³-hybridized carbons (Fsp3) is 0.400. The molecule has 1 saturated carbocycles. The minimum Gasteiger partial charge on any atom is -0.481 e. The molecule has 0 aromatic heterocycles. The van der Waals surface area contributed by atoms with Crippen molar-refractivity contribution in [1.82, 2.24) is 5.32 Å². The first-order chi connectivity index (χ1) is 14.5. The molecule has 1 fully saturated rings. The predicted molar refractivity (Wildman–Crippen MR) is 116 cm³/mol. The van der Waals surface area contributed by atoms with E-state index in [9.17, 15) is 19.5 Å². The van der Waals surface area contributed by atoms with Crippen LogP contribution in [0.3, 0.4) is 0 Å². The van der Waals surface area contributed by atoms with Crippen molar-refractivity contribution in [2.45, 2.75) is 57.4 Å². The van der Waals surface area contributed by atoms with Crippen molar-refractivity contribution in [3.63, 3.8) is 0 Å². The summed E-state index contributed by atoms with van der Waals surface area (Å²) in [6.07, 6.45) is 4.70. The monoisotopic (exact) mass is 407 g/mol. The molecule has 0 bridgehead atoms. The summed E-state index contributed by atoms with van der Waals surface area (Å²) in [6, 6.07) is 18.0. The number of aliphatic carboxylic acids is 1. The third kappa shape index (κ3) is 6.28. The molecule has 3 rings (SSSR count). The van der Waals surface area contributed by atoms with Crippen LogP contribution in [0.5, 0.6) is 0 Å². The van der Waals surface area contributed by atoms with Gasteiger partial charge in [0.15, 0.2) is 5.78 Å². The van der Waals surface area contributed by atoms with Gasteiger partial charge in [0.2, 0.25) is 5.91 Å². The Morgan fingerprint density at radius 2 is 1.70 bits per heavy atom. The zero-order valence-corrected chi connectivity index (χ0v) is 17.2. The Kier molecular flexibility index (Phi) is 7.77. The van der Waals surface area contributed by atoms with Crippen LogP contribution in [-0.2, 0) is 20.8 Å². The second-order valence-electron chi connectivity index (χ2n) is 8.02. The van der Waals surface area contributed by atoms with Gasteiger partial charge in [0, 0.05) is 12.3 Å². The van der Waals surface area contributed by atoms with Gasteiger partial charge in [-0.05, 0) is 48.8 Å². The molecule has 0 aliphatic heterocycles. The Labute approximate surface area is 177 Å². The first-order valence-corrected chi connectivity index (χ1v) is 10.7. The second kappa shape index (κ2) is 10.7. The molecule has 1 unspecified atom stereocenters. The van der Waals surface area contributed by atoms with Crippen LogP contribution in [-0.4, -0.2) is 28.8 Å². The van der Waals surface area contributed by atoms with Gasteiger partial charge in [-0.15, -0.1) is 0 Å². The van der Waals surface area contributed by atoms with Gasteiger partial charge in [0.1, 0.15) is 0 Å². The molecule has 0 radical (unpaired) electrons. The standard InChI is InChI=1S/C25H29NO4/c27-23-12-5-4-11-22(23)26-25(30)21(17-24(28)29)10-6-7-18-13-15-20(16-14-18)19-8-2-1-3-9-19/h1-3,8-9,13-16,21-22H,4-7,10-12,17H2,(H,26,30)(H,28,29)/t21-,22?/m1/s1. The Morgan fingerprint density at radius 3 is 2.37 bits per heavy atom. The highest BCUT2D eigenvalue weighted by Crippen LogP contribution is 2.21. The molecule has 0 spiro atoms. The van der Waals surface area contributed by atoms with Gasteiger partial charge in [0.25, 0.3) is 0 Å². The Balaban J connectivity index is 1.53. The molecule has 5 heteroatoms. The lowest BCUT2D eigenvalue weighted by molar-refractivity contribution is -0.141. The third-order valence-corrected chi connectivity index (χ3v) is 5.74. The van der Waals surface area contributed by atoms with Gasteiger partial charge >= 0.3 is 5.97 Å². The van der Waals surface area contributed by atoms with Gasteiger partial charge in [-0.2, -0.15) is 0 Å². The van der Waals surface area contributed by atoms with Crippen molar-refractivity contribution >= 4 is 17.7 Å². The number of carboxylic acids is 1. The minimum absolute atomic E-state index is 0.0576. The largest absolute Gasteiger partial charge is 0.481 e. The van der Waals surface area contributed by atoms with Crippen LogP contribution >= 0.6 is 0 Å². The lowest BCUT2D eigenvalue weighted by atomic mass is 9.91. The van der Waals surface area contributed by atoms with Crippen molar-refractivity contribution in [2.75, 3.05) is 0 Å². The smallest absolute Gasteiger partial charge is 0.304 e. The normalized spacial score (nSPS) is 17.3. The topological polar surface area (TPSA) is 83.5 Å². The molecule has 2 N–H and O–H groups in total. The molecule has 5 nitrogen and oxygen atoms in total. The SMILES string of the molecule is O=C(O)C[C@@H](CCCc1ccc(-c2ccccc2)cc1)C(=O)NC1CCCCC1=O. The van der Waals surface area contributed by atoms with E-state index in [1.54, 1.807) is 0 Å². The highest BCUT2D eigenvalue weighted by molar-refractivity contribution is 5.91. The first kappa shape index (κ1) is 21.8. The minimum atomic E-state index is -0.989. The van der Waals surface area contributed by atoms with Gasteiger partial charge in [0.05, 0.1) is 12.5 Å². The number of rotatable bonds is 9. The molecule has 1 aliphatic carbocycles. The van der Waals surface area contributed by atoms with E-state index < -0.39 is 17.9 Å². The number of nitrogens with one attached hydrogen (secondary N) is 1. The summed E-state index contributed by atoms with van der Waals surface area (Å²) < 4.78 is 0. The van der Waals surface area contributed by atoms with Crippen LogP contribution in [0.2, 0.25) is 0 Å². The number of hydrogen-bond donors (Lipinski definition) is 2. The van der Waals surface area contributed by atoms with Crippen LogP contribution in [0.1, 0.15) is 50.5 Å². The summed E-state index contributed by atoms with van der Waals surface area (Å²) in [5.41, 5.74) is 3.48. The third-order valence-electron chi connectivity index (χ3n) is 5.74. The van der Waals surface area contributed by atoms with Crippen molar-refractivity contribution < 1.29 is 19.5 Å². The summed E-state index contributed by atoms with van der Waals surface area (Å²) in [6.45, 7) is 0. The quantitative estimate of drug-likeness (QED) is 0.646. The van der Waals surface area contributed by atoms with E-state index in [0.29, 0.717) is 25.7 Å². The highest BCUT2D eigenvalue weighted by atomic mass is 16.4. The Morgan fingerprint density at radius 1 is 1.00 bits per heavy atom. The number of carbonyl (C=O) groups excluding carboxylic acids is 2. The summed E-state index contributed by atoms with van der Waals surface area (Å²) in [4.78, 5) is 35.8.